The van der Waals surface area contributed by atoms with Gasteiger partial charge in [-0.15, -0.1) is 0 Å². The summed E-state index contributed by atoms with van der Waals surface area (Å²) in [5, 5.41) is 4.56. The highest BCUT2D eigenvalue weighted by atomic mass is 16.5. The van der Waals surface area contributed by atoms with Crippen LogP contribution in [0.15, 0.2) is 47.5 Å². The topological polar surface area (TPSA) is 72.6 Å². The van der Waals surface area contributed by atoms with Crippen LogP contribution in [0.4, 0.5) is 0 Å². The Morgan fingerprint density at radius 3 is 2.45 bits per heavy atom. The predicted molar refractivity (Wildman–Crippen MR) is 119 cm³/mol. The number of amides is 1. The van der Waals surface area contributed by atoms with E-state index in [4.69, 9.17) is 4.74 Å². The lowest BCUT2D eigenvalue weighted by atomic mass is 10.1. The second-order valence-corrected chi connectivity index (χ2v) is 8.14. The summed E-state index contributed by atoms with van der Waals surface area (Å²) in [7, 11) is 1.63. The number of hydrogen-bond donors (Lipinski definition) is 0. The fraction of sp³-hybridized carbons (Fsp3) is 0.435. The Morgan fingerprint density at radius 2 is 1.81 bits per heavy atom. The van der Waals surface area contributed by atoms with Gasteiger partial charge in [-0.2, -0.15) is 9.78 Å². The molecule has 0 spiro atoms. The van der Waals surface area contributed by atoms with Gasteiger partial charge in [0.2, 0.25) is 0 Å². The van der Waals surface area contributed by atoms with Gasteiger partial charge >= 0.3 is 0 Å². The molecule has 0 aliphatic carbocycles. The van der Waals surface area contributed by atoms with Crippen LogP contribution in [0.2, 0.25) is 0 Å². The van der Waals surface area contributed by atoms with Crippen molar-refractivity contribution in [1.82, 2.24) is 24.1 Å². The molecule has 0 saturated carbocycles. The second kappa shape index (κ2) is 9.03. The van der Waals surface area contributed by atoms with Crippen LogP contribution in [0, 0.1) is 0 Å². The van der Waals surface area contributed by atoms with E-state index in [1.165, 1.54) is 4.68 Å². The van der Waals surface area contributed by atoms with Crippen LogP contribution in [0.3, 0.4) is 0 Å². The average Bonchev–Trinajstić information content (AvgIpc) is 3.13. The molecule has 0 atom stereocenters. The van der Waals surface area contributed by atoms with Gasteiger partial charge in [-0.05, 0) is 26.0 Å². The van der Waals surface area contributed by atoms with Gasteiger partial charge in [-0.3, -0.25) is 14.5 Å². The van der Waals surface area contributed by atoms with Crippen molar-refractivity contribution in [2.24, 2.45) is 0 Å². The largest absolute Gasteiger partial charge is 0.383 e. The van der Waals surface area contributed by atoms with E-state index < -0.39 is 0 Å². The molecule has 8 heteroatoms. The molecule has 0 aromatic heterocycles. The first-order valence-electron chi connectivity index (χ1n) is 10.7. The van der Waals surface area contributed by atoms with Crippen molar-refractivity contribution in [1.29, 1.82) is 0 Å². The van der Waals surface area contributed by atoms with Crippen LogP contribution in [-0.4, -0.2) is 76.0 Å². The molecule has 164 valence electrons. The van der Waals surface area contributed by atoms with E-state index in [0.717, 1.165) is 13.1 Å². The van der Waals surface area contributed by atoms with Gasteiger partial charge in [0.05, 0.1) is 23.4 Å². The Kier molecular flexibility index (Phi) is 6.20. The highest BCUT2D eigenvalue weighted by Crippen LogP contribution is 2.24. The van der Waals surface area contributed by atoms with Crippen molar-refractivity contribution in [3.63, 3.8) is 0 Å². The Bertz CT molecular complexity index is 1060. The zero-order valence-electron chi connectivity index (χ0n) is 18.3. The molecule has 1 saturated heterocycles. The first-order valence-corrected chi connectivity index (χ1v) is 10.7. The molecule has 3 aliphatic rings. The summed E-state index contributed by atoms with van der Waals surface area (Å²) in [6.45, 7) is 8.38. The number of hydrogen-bond acceptors (Lipinski definition) is 5. The van der Waals surface area contributed by atoms with E-state index in [2.05, 4.69) is 23.8 Å². The number of nitrogens with zero attached hydrogens (tertiary/aromatic N) is 5. The fourth-order valence-corrected chi connectivity index (χ4v) is 4.00. The summed E-state index contributed by atoms with van der Waals surface area (Å²) >= 11 is 0. The van der Waals surface area contributed by atoms with Gasteiger partial charge in [0.15, 0.2) is 0 Å². The smallest absolute Gasteiger partial charge is 0.282 e. The summed E-state index contributed by atoms with van der Waals surface area (Å²) in [5.74, 6) is -0.0853. The number of piperazine rings is 1. The van der Waals surface area contributed by atoms with Crippen LogP contribution >= 0.6 is 0 Å². The van der Waals surface area contributed by atoms with E-state index in [1.54, 1.807) is 19.5 Å². The maximum atomic E-state index is 13.5. The molecule has 1 aromatic carbocycles. The first-order chi connectivity index (χ1) is 15.0. The molecular formula is C23H29N5O3. The average molecular weight is 424 g/mol. The molecule has 1 aromatic rings. The minimum absolute atomic E-state index is 0.0853. The summed E-state index contributed by atoms with van der Waals surface area (Å²) in [6, 6.07) is 9.74. The normalized spacial score (nSPS) is 15.2. The Labute approximate surface area is 182 Å². The molecule has 31 heavy (non-hydrogen) atoms. The van der Waals surface area contributed by atoms with E-state index in [9.17, 15) is 9.59 Å². The van der Waals surface area contributed by atoms with Crippen molar-refractivity contribution in [3.05, 3.63) is 58.6 Å². The molecule has 3 heterocycles. The van der Waals surface area contributed by atoms with Gasteiger partial charge in [0.25, 0.3) is 11.5 Å². The third-order valence-electron chi connectivity index (χ3n) is 5.84. The lowest BCUT2D eigenvalue weighted by molar-refractivity contribution is 0.0595. The Morgan fingerprint density at radius 1 is 1.10 bits per heavy atom. The summed E-state index contributed by atoms with van der Waals surface area (Å²) in [4.78, 5) is 30.9. The van der Waals surface area contributed by atoms with Gasteiger partial charge in [0.1, 0.15) is 5.69 Å². The molecule has 0 bridgehead atoms. The summed E-state index contributed by atoms with van der Waals surface area (Å²) in [5.41, 5.74) is 1.78. The Hall–Kier alpha value is -2.97. The minimum Gasteiger partial charge on any atom is -0.383 e. The Balaban J connectivity index is 1.74. The van der Waals surface area contributed by atoms with Gasteiger partial charge in [0, 0.05) is 58.3 Å². The van der Waals surface area contributed by atoms with Crippen molar-refractivity contribution in [2.45, 2.75) is 26.4 Å². The molecule has 1 fully saturated rings. The SMILES string of the molecule is COCCn1cc(C(=O)N2CCN(C(C)C)CC2)c2nn(-c3ccccc3)c(=O)c-2c1. The third-order valence-corrected chi connectivity index (χ3v) is 5.84. The number of aromatic nitrogens is 3. The van der Waals surface area contributed by atoms with E-state index in [-0.39, 0.29) is 11.5 Å². The highest BCUT2D eigenvalue weighted by Gasteiger charge is 2.29. The van der Waals surface area contributed by atoms with Crippen molar-refractivity contribution < 1.29 is 9.53 Å². The summed E-state index contributed by atoms with van der Waals surface area (Å²) in [6.07, 6.45) is 3.55. The number of methoxy groups -OCH3 is 1. The maximum absolute atomic E-state index is 13.5. The van der Waals surface area contributed by atoms with E-state index >= 15 is 0 Å². The third kappa shape index (κ3) is 4.26. The molecule has 0 unspecified atom stereocenters. The van der Waals surface area contributed by atoms with Crippen LogP contribution < -0.4 is 5.56 Å². The number of rotatable bonds is 6. The molecule has 8 nitrogen and oxygen atoms in total. The van der Waals surface area contributed by atoms with Crippen LogP contribution in [0.25, 0.3) is 16.9 Å². The lowest BCUT2D eigenvalue weighted by Crippen LogP contribution is -2.50. The van der Waals surface area contributed by atoms with Crippen LogP contribution in [0.5, 0.6) is 0 Å². The standard InChI is InChI=1S/C23H29N5O3/c1-17(2)26-9-11-27(12-10-26)22(29)19-15-25(13-14-31-3)16-20-21(19)24-28(23(20)30)18-7-5-4-6-8-18/h4-8,15-17H,9-14H2,1-3H3. The zero-order valence-corrected chi connectivity index (χ0v) is 18.3. The van der Waals surface area contributed by atoms with Crippen molar-refractivity contribution in [2.75, 3.05) is 39.9 Å². The summed E-state index contributed by atoms with van der Waals surface area (Å²) < 4.78 is 8.42. The van der Waals surface area contributed by atoms with Gasteiger partial charge in [-0.1, -0.05) is 18.2 Å². The number of carbonyl (C=O) groups is 1. The molecule has 4 rings (SSSR count). The second-order valence-electron chi connectivity index (χ2n) is 8.14. The van der Waals surface area contributed by atoms with Crippen LogP contribution in [0.1, 0.15) is 24.2 Å². The van der Waals surface area contributed by atoms with Gasteiger partial charge < -0.3 is 14.2 Å². The molecule has 0 N–H and O–H groups in total. The number of pyridine rings is 1. The van der Waals surface area contributed by atoms with E-state index in [0.29, 0.717) is 54.8 Å². The molecule has 1 amide bonds. The number of ether oxygens (including phenoxy) is 1. The van der Waals surface area contributed by atoms with Crippen LogP contribution in [-0.2, 0) is 11.3 Å². The number of carbonyl (C=O) groups excluding carboxylic acids is 1. The first kappa shape index (κ1) is 21.3. The quantitative estimate of drug-likeness (QED) is 0.606. The molecule has 3 aliphatic heterocycles. The van der Waals surface area contributed by atoms with Crippen molar-refractivity contribution in [3.8, 4) is 16.9 Å². The number of para-hydroxylation sites is 1. The number of benzene rings is 1. The monoisotopic (exact) mass is 423 g/mol. The lowest BCUT2D eigenvalue weighted by Gasteiger charge is -2.37. The minimum atomic E-state index is -0.230. The highest BCUT2D eigenvalue weighted by molar-refractivity contribution is 6.00. The van der Waals surface area contributed by atoms with Gasteiger partial charge in [-0.25, -0.2) is 0 Å². The zero-order chi connectivity index (χ0) is 22.0. The number of fused-ring (bicyclic) bond motifs is 1. The fourth-order valence-electron chi connectivity index (χ4n) is 4.00. The van der Waals surface area contributed by atoms with E-state index in [1.807, 2.05) is 39.8 Å². The maximum Gasteiger partial charge on any atom is 0.282 e. The van der Waals surface area contributed by atoms with Crippen molar-refractivity contribution >= 4 is 5.91 Å². The molecule has 0 radical (unpaired) electrons. The molecular weight excluding hydrogens is 394 g/mol. The predicted octanol–water partition coefficient (Wildman–Crippen LogP) is 1.95.